The van der Waals surface area contributed by atoms with Crippen molar-refractivity contribution in [3.05, 3.63) is 127 Å². The van der Waals surface area contributed by atoms with E-state index in [1.807, 2.05) is 0 Å². The van der Waals surface area contributed by atoms with E-state index in [4.69, 9.17) is 10.2 Å². The Labute approximate surface area is 236 Å². The van der Waals surface area contributed by atoms with E-state index in [0.717, 1.165) is 23.5 Å². The lowest BCUT2D eigenvalue weighted by molar-refractivity contribution is -0.388. The lowest BCUT2D eigenvalue weighted by Gasteiger charge is -2.08. The van der Waals surface area contributed by atoms with E-state index < -0.39 is 21.8 Å². The summed E-state index contributed by atoms with van der Waals surface area (Å²) in [6.45, 7) is 0. The van der Waals surface area contributed by atoms with Gasteiger partial charge >= 0.3 is 11.9 Å². The van der Waals surface area contributed by atoms with Crippen molar-refractivity contribution >= 4 is 46.8 Å². The molecule has 40 heavy (non-hydrogen) atoms. The smallest absolute Gasteiger partial charge is 0.335 e. The van der Waals surface area contributed by atoms with E-state index in [1.54, 1.807) is 48.5 Å². The third-order valence-electron chi connectivity index (χ3n) is 5.80. The molecule has 0 fully saturated rings. The van der Waals surface area contributed by atoms with E-state index in [2.05, 4.69) is 0 Å². The van der Waals surface area contributed by atoms with E-state index >= 15 is 0 Å². The van der Waals surface area contributed by atoms with Crippen LogP contribution in [0.25, 0.3) is 0 Å². The molecule has 0 bridgehead atoms. The van der Waals surface area contributed by atoms with Gasteiger partial charge < -0.3 is 10.2 Å². The van der Waals surface area contributed by atoms with Crippen LogP contribution in [0, 0.1) is 20.2 Å². The Morgan fingerprint density at radius 3 is 1.25 bits per heavy atom. The standard InChI is InChI=1S/C28H20N2O8S2/c31-27(32)19-5-9-21(10-6-19)39-25-13-3-17(15-23(25)29(35)36)1-2-18-4-14-26(24(16-18)30(37)38)40-22-11-7-20(8-12-22)28(33)34/h3-16H,1-2H2,(H,31,32)(H,33,34). The summed E-state index contributed by atoms with van der Waals surface area (Å²) in [5.41, 5.74) is 1.45. The van der Waals surface area contributed by atoms with Crippen molar-refractivity contribution in [1.82, 2.24) is 0 Å². The van der Waals surface area contributed by atoms with Crippen molar-refractivity contribution in [3.63, 3.8) is 0 Å². The first kappa shape index (κ1) is 28.3. The number of carbonyl (C=O) groups is 2. The molecule has 0 spiro atoms. The van der Waals surface area contributed by atoms with Crippen molar-refractivity contribution in [2.24, 2.45) is 0 Å². The van der Waals surface area contributed by atoms with Crippen LogP contribution in [0.4, 0.5) is 11.4 Å². The molecule has 4 aromatic carbocycles. The second-order valence-corrected chi connectivity index (χ2v) is 10.7. The molecule has 4 rings (SSSR count). The monoisotopic (exact) mass is 576 g/mol. The number of carboxylic acid groups (broad SMARTS) is 2. The number of hydrogen-bond acceptors (Lipinski definition) is 8. The summed E-state index contributed by atoms with van der Waals surface area (Å²) in [6.07, 6.45) is 0.832. The summed E-state index contributed by atoms with van der Waals surface area (Å²) in [6, 6.07) is 21.9. The predicted octanol–water partition coefficient (Wildman–Crippen LogP) is 6.99. The van der Waals surface area contributed by atoms with Crippen LogP contribution in [-0.4, -0.2) is 32.0 Å². The molecule has 0 saturated carbocycles. The van der Waals surface area contributed by atoms with Gasteiger partial charge in [0.25, 0.3) is 11.4 Å². The van der Waals surface area contributed by atoms with Gasteiger partial charge in [-0.1, -0.05) is 35.7 Å². The van der Waals surface area contributed by atoms with Crippen LogP contribution in [0.2, 0.25) is 0 Å². The minimum Gasteiger partial charge on any atom is -0.478 e. The molecule has 0 aliphatic rings. The summed E-state index contributed by atoms with van der Waals surface area (Å²) in [4.78, 5) is 46.8. The molecule has 0 aliphatic heterocycles. The van der Waals surface area contributed by atoms with Gasteiger partial charge in [-0.2, -0.15) is 0 Å². The van der Waals surface area contributed by atoms with Crippen LogP contribution < -0.4 is 0 Å². The summed E-state index contributed by atoms with van der Waals surface area (Å²) in [5.74, 6) is -2.12. The third kappa shape index (κ3) is 7.04. The lowest BCUT2D eigenvalue weighted by atomic mass is 10.0. The van der Waals surface area contributed by atoms with E-state index in [0.29, 0.717) is 43.6 Å². The van der Waals surface area contributed by atoms with E-state index in [1.165, 1.54) is 36.4 Å². The Kier molecular flexibility index (Phi) is 8.82. The SMILES string of the molecule is O=C(O)c1ccc(Sc2ccc(CCc3ccc(Sc4ccc(C(=O)O)cc4)c([N+](=O)[O-])c3)cc2[N+](=O)[O-])cc1. The quantitative estimate of drug-likeness (QED) is 0.141. The first-order valence-electron chi connectivity index (χ1n) is 11.7. The zero-order valence-corrected chi connectivity index (χ0v) is 22.2. The number of hydrogen-bond donors (Lipinski definition) is 2. The van der Waals surface area contributed by atoms with Gasteiger partial charge in [0.15, 0.2) is 0 Å². The molecule has 0 heterocycles. The van der Waals surface area contributed by atoms with Gasteiger partial charge in [-0.15, -0.1) is 0 Å². The lowest BCUT2D eigenvalue weighted by Crippen LogP contribution is -1.98. The topological polar surface area (TPSA) is 161 Å². The Balaban J connectivity index is 1.48. The highest BCUT2D eigenvalue weighted by atomic mass is 32.2. The zero-order chi connectivity index (χ0) is 28.8. The molecule has 0 radical (unpaired) electrons. The molecule has 2 N–H and O–H groups in total. The van der Waals surface area contributed by atoms with Crippen LogP contribution in [0.1, 0.15) is 31.8 Å². The third-order valence-corrected chi connectivity index (χ3v) is 7.95. The molecule has 12 heteroatoms. The van der Waals surface area contributed by atoms with Crippen LogP contribution in [-0.2, 0) is 12.8 Å². The normalized spacial score (nSPS) is 10.7. The summed E-state index contributed by atoms with van der Waals surface area (Å²) in [7, 11) is 0. The van der Waals surface area contributed by atoms with Gasteiger partial charge in [-0.3, -0.25) is 20.2 Å². The predicted molar refractivity (Wildman–Crippen MR) is 149 cm³/mol. The van der Waals surface area contributed by atoms with Crippen molar-refractivity contribution in [1.29, 1.82) is 0 Å². The Morgan fingerprint density at radius 2 is 0.950 bits per heavy atom. The van der Waals surface area contributed by atoms with Crippen LogP contribution in [0.15, 0.2) is 105 Å². The van der Waals surface area contributed by atoms with Gasteiger partial charge in [0.05, 0.1) is 30.8 Å². The van der Waals surface area contributed by atoms with Gasteiger partial charge in [-0.05, 0) is 84.6 Å². The van der Waals surface area contributed by atoms with Gasteiger partial charge in [0.2, 0.25) is 0 Å². The number of carboxylic acids is 2. The fourth-order valence-corrected chi connectivity index (χ4v) is 5.57. The number of aryl methyl sites for hydroxylation is 2. The number of nitrogens with zero attached hydrogens (tertiary/aromatic N) is 2. The van der Waals surface area contributed by atoms with E-state index in [-0.39, 0.29) is 22.5 Å². The zero-order valence-electron chi connectivity index (χ0n) is 20.6. The molecule has 10 nitrogen and oxygen atoms in total. The van der Waals surface area contributed by atoms with Gasteiger partial charge in [-0.25, -0.2) is 9.59 Å². The van der Waals surface area contributed by atoms with Crippen LogP contribution >= 0.6 is 23.5 Å². The van der Waals surface area contributed by atoms with Gasteiger partial charge in [0, 0.05) is 21.9 Å². The summed E-state index contributed by atoms with van der Waals surface area (Å²) < 4.78 is 0. The highest BCUT2D eigenvalue weighted by Gasteiger charge is 2.18. The van der Waals surface area contributed by atoms with Crippen molar-refractivity contribution in [2.75, 3.05) is 0 Å². The molecule has 202 valence electrons. The minimum atomic E-state index is -1.06. The maximum atomic E-state index is 11.7. The largest absolute Gasteiger partial charge is 0.478 e. The van der Waals surface area contributed by atoms with Crippen molar-refractivity contribution < 1.29 is 29.6 Å². The first-order valence-corrected chi connectivity index (χ1v) is 13.3. The molecule has 4 aromatic rings. The second kappa shape index (κ2) is 12.5. The fraction of sp³-hybridized carbons (Fsp3) is 0.0714. The van der Waals surface area contributed by atoms with Crippen LogP contribution in [0.3, 0.4) is 0 Å². The maximum absolute atomic E-state index is 11.7. The van der Waals surface area contributed by atoms with Crippen LogP contribution in [0.5, 0.6) is 0 Å². The molecular weight excluding hydrogens is 556 g/mol. The molecular formula is C28H20N2O8S2. The Bertz CT molecular complexity index is 1490. The number of nitro groups is 2. The van der Waals surface area contributed by atoms with Crippen molar-refractivity contribution in [3.8, 4) is 0 Å². The first-order chi connectivity index (χ1) is 19.1. The van der Waals surface area contributed by atoms with E-state index in [9.17, 15) is 29.8 Å². The minimum absolute atomic E-state index is 0.0866. The van der Waals surface area contributed by atoms with Gasteiger partial charge in [0.1, 0.15) is 0 Å². The molecule has 0 amide bonds. The Morgan fingerprint density at radius 1 is 0.600 bits per heavy atom. The average Bonchev–Trinajstić information content (AvgIpc) is 2.93. The summed E-state index contributed by atoms with van der Waals surface area (Å²) in [5, 5.41) is 41.6. The fourth-order valence-electron chi connectivity index (χ4n) is 3.77. The average molecular weight is 577 g/mol. The van der Waals surface area contributed by atoms with Crippen molar-refractivity contribution in [2.45, 2.75) is 32.4 Å². The number of aromatic carboxylic acids is 2. The highest BCUT2D eigenvalue weighted by molar-refractivity contribution is 7.99. The molecule has 0 saturated heterocycles. The highest BCUT2D eigenvalue weighted by Crippen LogP contribution is 2.37. The molecule has 0 aromatic heterocycles. The summed E-state index contributed by atoms with van der Waals surface area (Å²) >= 11 is 2.31. The number of benzene rings is 4. The number of rotatable bonds is 11. The Hall–Kier alpha value is -4.68. The maximum Gasteiger partial charge on any atom is 0.335 e. The molecule has 0 unspecified atom stereocenters. The molecule has 0 aliphatic carbocycles. The number of nitro benzene ring substituents is 2. The molecule has 0 atom stereocenters. The second-order valence-electron chi connectivity index (χ2n) is 8.48.